The van der Waals surface area contributed by atoms with Crippen LogP contribution in [0.3, 0.4) is 0 Å². The number of aryl methyl sites for hydroxylation is 2. The highest BCUT2D eigenvalue weighted by atomic mass is 32.2. The standard InChI is InChI=1S/C15H15N7O3S/c1-10-9-11(2)20-15(19-10)22(14(16)23)26(24,25)13-6-8-18-21(13)12-5-3-4-7-17-12/h3-9H,1-2H3,(H2,16,23). The van der Waals surface area contributed by atoms with Crippen molar-refractivity contribution >= 4 is 22.0 Å². The van der Waals surface area contributed by atoms with Crippen molar-refractivity contribution in [1.29, 1.82) is 0 Å². The van der Waals surface area contributed by atoms with Crippen LogP contribution in [-0.2, 0) is 10.0 Å². The minimum atomic E-state index is -4.43. The van der Waals surface area contributed by atoms with Gasteiger partial charge in [-0.2, -0.15) is 13.5 Å². The zero-order valence-corrected chi connectivity index (χ0v) is 14.8. The van der Waals surface area contributed by atoms with E-state index in [2.05, 4.69) is 20.1 Å². The second kappa shape index (κ2) is 6.52. The predicted octanol–water partition coefficient (Wildman–Crippen LogP) is 0.948. The second-order valence-electron chi connectivity index (χ2n) is 5.33. The van der Waals surface area contributed by atoms with E-state index in [1.165, 1.54) is 18.5 Å². The molecule has 26 heavy (non-hydrogen) atoms. The molecule has 0 aliphatic heterocycles. The Balaban J connectivity index is 2.17. The molecule has 0 spiro atoms. The van der Waals surface area contributed by atoms with Crippen molar-refractivity contribution in [3.63, 3.8) is 0 Å². The lowest BCUT2D eigenvalue weighted by Crippen LogP contribution is -2.42. The Morgan fingerprint density at radius 1 is 1.12 bits per heavy atom. The van der Waals surface area contributed by atoms with Gasteiger partial charge in [-0.3, -0.25) is 0 Å². The molecule has 0 atom stereocenters. The lowest BCUT2D eigenvalue weighted by Gasteiger charge is -2.19. The Kier molecular flexibility index (Phi) is 4.38. The molecule has 0 bridgehead atoms. The van der Waals surface area contributed by atoms with Crippen LogP contribution in [0.5, 0.6) is 0 Å². The molecule has 0 aromatic carbocycles. The molecular formula is C15H15N7O3S. The highest BCUT2D eigenvalue weighted by molar-refractivity contribution is 7.93. The third-order valence-corrected chi connectivity index (χ3v) is 4.99. The summed E-state index contributed by atoms with van der Waals surface area (Å²) in [5.74, 6) is -0.0643. The lowest BCUT2D eigenvalue weighted by molar-refractivity contribution is 0.256. The summed E-state index contributed by atoms with van der Waals surface area (Å²) in [6.07, 6.45) is 2.77. The van der Waals surface area contributed by atoms with Crippen LogP contribution >= 0.6 is 0 Å². The van der Waals surface area contributed by atoms with E-state index in [4.69, 9.17) is 5.73 Å². The zero-order chi connectivity index (χ0) is 18.9. The molecule has 0 aliphatic carbocycles. The summed E-state index contributed by atoms with van der Waals surface area (Å²) in [6, 6.07) is 6.59. The number of aromatic nitrogens is 5. The number of carbonyl (C=O) groups is 1. The van der Waals surface area contributed by atoms with Crippen LogP contribution in [-0.4, -0.2) is 39.2 Å². The van der Waals surface area contributed by atoms with E-state index in [9.17, 15) is 13.2 Å². The highest BCUT2D eigenvalue weighted by Crippen LogP contribution is 2.22. The van der Waals surface area contributed by atoms with E-state index in [0.29, 0.717) is 15.7 Å². The van der Waals surface area contributed by atoms with E-state index in [-0.39, 0.29) is 16.8 Å². The summed E-state index contributed by atoms with van der Waals surface area (Å²) >= 11 is 0. The van der Waals surface area contributed by atoms with Crippen LogP contribution in [0.25, 0.3) is 5.82 Å². The molecule has 3 aromatic rings. The molecule has 0 saturated carbocycles. The maximum atomic E-state index is 13.1. The van der Waals surface area contributed by atoms with Gasteiger partial charge in [-0.1, -0.05) is 6.07 Å². The average Bonchev–Trinajstić information content (AvgIpc) is 3.04. The van der Waals surface area contributed by atoms with E-state index >= 15 is 0 Å². The number of sulfonamides is 1. The molecular weight excluding hydrogens is 358 g/mol. The third kappa shape index (κ3) is 3.11. The number of nitrogens with zero attached hydrogens (tertiary/aromatic N) is 6. The first-order valence-electron chi connectivity index (χ1n) is 7.43. The third-order valence-electron chi connectivity index (χ3n) is 3.33. The predicted molar refractivity (Wildman–Crippen MR) is 92.1 cm³/mol. The van der Waals surface area contributed by atoms with Crippen LogP contribution in [0.4, 0.5) is 10.7 Å². The van der Waals surface area contributed by atoms with Crippen molar-refractivity contribution < 1.29 is 13.2 Å². The van der Waals surface area contributed by atoms with Gasteiger partial charge in [0, 0.05) is 17.6 Å². The van der Waals surface area contributed by atoms with Crippen molar-refractivity contribution in [3.8, 4) is 5.82 Å². The summed E-state index contributed by atoms with van der Waals surface area (Å²) < 4.78 is 27.7. The number of urea groups is 1. The molecule has 11 heteroatoms. The van der Waals surface area contributed by atoms with E-state index < -0.39 is 16.1 Å². The van der Waals surface area contributed by atoms with E-state index in [1.54, 1.807) is 38.1 Å². The molecule has 0 fully saturated rings. The smallest absolute Gasteiger partial charge is 0.336 e. The minimum absolute atomic E-state index is 0.266. The summed E-state index contributed by atoms with van der Waals surface area (Å²) in [6.45, 7) is 3.31. The molecule has 134 valence electrons. The first-order valence-corrected chi connectivity index (χ1v) is 8.87. The lowest BCUT2D eigenvalue weighted by atomic mass is 10.4. The van der Waals surface area contributed by atoms with Gasteiger partial charge in [0.05, 0.1) is 6.20 Å². The maximum absolute atomic E-state index is 13.1. The molecule has 3 aromatic heterocycles. The quantitative estimate of drug-likeness (QED) is 0.718. The van der Waals surface area contributed by atoms with Crippen molar-refractivity contribution in [2.24, 2.45) is 5.73 Å². The Hall–Kier alpha value is -3.34. The summed E-state index contributed by atoms with van der Waals surface area (Å²) in [5, 5.41) is 3.68. The van der Waals surface area contributed by atoms with Crippen molar-refractivity contribution in [2.45, 2.75) is 18.9 Å². The topological polar surface area (TPSA) is 137 Å². The fourth-order valence-corrected chi connectivity index (χ4v) is 3.67. The molecule has 10 nitrogen and oxygen atoms in total. The number of amides is 2. The van der Waals surface area contributed by atoms with Gasteiger partial charge in [0.2, 0.25) is 5.95 Å². The first kappa shape index (κ1) is 17.5. The van der Waals surface area contributed by atoms with Crippen LogP contribution in [0.1, 0.15) is 11.4 Å². The molecule has 0 aliphatic rings. The van der Waals surface area contributed by atoms with E-state index in [0.717, 1.165) is 4.68 Å². The summed E-state index contributed by atoms with van der Waals surface area (Å²) in [4.78, 5) is 24.1. The van der Waals surface area contributed by atoms with Gasteiger partial charge in [0.25, 0.3) is 10.0 Å². The molecule has 2 N–H and O–H groups in total. The second-order valence-corrected chi connectivity index (χ2v) is 7.06. The minimum Gasteiger partial charge on any atom is -0.350 e. The van der Waals surface area contributed by atoms with Gasteiger partial charge < -0.3 is 5.73 Å². The summed E-state index contributed by atoms with van der Waals surface area (Å²) in [7, 11) is -4.43. The molecule has 0 unspecified atom stereocenters. The number of primary amides is 1. The summed E-state index contributed by atoms with van der Waals surface area (Å²) in [5.41, 5.74) is 6.32. The zero-order valence-electron chi connectivity index (χ0n) is 13.9. The van der Waals surface area contributed by atoms with Gasteiger partial charge in [-0.05, 0) is 38.1 Å². The van der Waals surface area contributed by atoms with Crippen molar-refractivity contribution in [3.05, 3.63) is 54.1 Å². The number of carbonyl (C=O) groups excluding carboxylic acids is 1. The van der Waals surface area contributed by atoms with Gasteiger partial charge >= 0.3 is 6.03 Å². The van der Waals surface area contributed by atoms with Gasteiger partial charge in [0.1, 0.15) is 0 Å². The number of hydrogen-bond acceptors (Lipinski definition) is 7. The fraction of sp³-hybridized carbons (Fsp3) is 0.133. The number of anilines is 1. The average molecular weight is 373 g/mol. The molecule has 0 saturated heterocycles. The van der Waals surface area contributed by atoms with Crippen molar-refractivity contribution in [2.75, 3.05) is 4.31 Å². The molecule has 3 heterocycles. The Morgan fingerprint density at radius 2 is 1.81 bits per heavy atom. The van der Waals surface area contributed by atoms with Crippen LogP contribution in [0.15, 0.2) is 47.8 Å². The van der Waals surface area contributed by atoms with Crippen LogP contribution in [0.2, 0.25) is 0 Å². The Labute approximate surface area is 149 Å². The van der Waals surface area contributed by atoms with Gasteiger partial charge in [-0.25, -0.2) is 24.4 Å². The fourth-order valence-electron chi connectivity index (χ4n) is 2.35. The van der Waals surface area contributed by atoms with Gasteiger partial charge in [-0.15, -0.1) is 4.31 Å². The molecule has 2 amide bonds. The number of hydrogen-bond donors (Lipinski definition) is 1. The van der Waals surface area contributed by atoms with Gasteiger partial charge in [0.15, 0.2) is 10.8 Å². The normalized spacial score (nSPS) is 11.3. The Morgan fingerprint density at radius 3 is 2.38 bits per heavy atom. The largest absolute Gasteiger partial charge is 0.350 e. The van der Waals surface area contributed by atoms with Crippen LogP contribution in [0, 0.1) is 13.8 Å². The number of nitrogens with two attached hydrogens (primary N) is 1. The van der Waals surface area contributed by atoms with Crippen molar-refractivity contribution in [1.82, 2.24) is 24.7 Å². The SMILES string of the molecule is Cc1cc(C)nc(N(C(N)=O)S(=O)(=O)c2ccnn2-c2ccccn2)n1. The maximum Gasteiger partial charge on any atom is 0.336 e. The number of rotatable bonds is 4. The highest BCUT2D eigenvalue weighted by Gasteiger charge is 2.35. The Bertz CT molecular complexity index is 1040. The number of pyridine rings is 1. The first-order chi connectivity index (χ1) is 12.3. The van der Waals surface area contributed by atoms with E-state index in [1.807, 2.05) is 0 Å². The van der Waals surface area contributed by atoms with Crippen LogP contribution < -0.4 is 10.0 Å². The molecule has 0 radical (unpaired) electrons. The molecule has 3 rings (SSSR count). The monoisotopic (exact) mass is 373 g/mol.